The van der Waals surface area contributed by atoms with Gasteiger partial charge in [-0.3, -0.25) is 14.2 Å². The van der Waals surface area contributed by atoms with Crippen molar-refractivity contribution < 1.29 is 13.9 Å². The normalized spacial score (nSPS) is 18.3. The third kappa shape index (κ3) is 4.05. The molecule has 0 spiro atoms. The van der Waals surface area contributed by atoms with Crippen LogP contribution in [0.5, 0.6) is 0 Å². The number of furan rings is 1. The molecule has 8 nitrogen and oxygen atoms in total. The van der Waals surface area contributed by atoms with Crippen molar-refractivity contribution in [3.05, 3.63) is 33.5 Å². The van der Waals surface area contributed by atoms with E-state index in [0.717, 1.165) is 61.0 Å². The molecule has 0 bridgehead atoms. The van der Waals surface area contributed by atoms with Gasteiger partial charge in [0, 0.05) is 25.1 Å². The van der Waals surface area contributed by atoms with E-state index in [9.17, 15) is 9.59 Å². The summed E-state index contributed by atoms with van der Waals surface area (Å²) in [4.78, 5) is 37.2. The van der Waals surface area contributed by atoms with Crippen LogP contribution in [0.1, 0.15) is 63.8 Å². The molecule has 3 aromatic rings. The van der Waals surface area contributed by atoms with Crippen LogP contribution >= 0.6 is 0 Å². The first-order chi connectivity index (χ1) is 15.7. The van der Waals surface area contributed by atoms with Gasteiger partial charge in [-0.1, -0.05) is 13.8 Å². The summed E-state index contributed by atoms with van der Waals surface area (Å²) in [5.41, 5.74) is 3.63. The SMILES string of the molecule is CC(C)Cc1nc2oc3c(=O)n(CC(=O)N4CCCCC4)cnc3c2c2c1COC(C)(C)C2. The highest BCUT2D eigenvalue weighted by molar-refractivity contribution is 6.03. The molecule has 0 atom stereocenters. The first-order valence-electron chi connectivity index (χ1n) is 12.0. The lowest BCUT2D eigenvalue weighted by molar-refractivity contribution is -0.132. The summed E-state index contributed by atoms with van der Waals surface area (Å²) in [5, 5.41) is 0.801. The summed E-state index contributed by atoms with van der Waals surface area (Å²) < 4.78 is 13.5. The molecule has 0 N–H and O–H groups in total. The lowest BCUT2D eigenvalue weighted by Gasteiger charge is -2.33. The number of likely N-dealkylation sites (tertiary alicyclic amines) is 1. The summed E-state index contributed by atoms with van der Waals surface area (Å²) in [6.07, 6.45) is 6.14. The fourth-order valence-corrected chi connectivity index (χ4v) is 5.02. The Balaban J connectivity index is 1.62. The highest BCUT2D eigenvalue weighted by atomic mass is 16.5. The fraction of sp³-hybridized carbons (Fsp3) is 0.600. The number of hydrogen-bond donors (Lipinski definition) is 0. The van der Waals surface area contributed by atoms with Gasteiger partial charge in [0.05, 0.1) is 29.6 Å². The predicted molar refractivity (Wildman–Crippen MR) is 125 cm³/mol. The number of carbonyl (C=O) groups excluding carboxylic acids is 1. The monoisotopic (exact) mass is 452 g/mol. The molecule has 176 valence electrons. The molecule has 5 rings (SSSR count). The largest absolute Gasteiger partial charge is 0.430 e. The van der Waals surface area contributed by atoms with Gasteiger partial charge in [-0.2, -0.15) is 0 Å². The fourth-order valence-electron chi connectivity index (χ4n) is 5.02. The van der Waals surface area contributed by atoms with Crippen molar-refractivity contribution >= 4 is 28.1 Å². The van der Waals surface area contributed by atoms with Crippen molar-refractivity contribution in [1.82, 2.24) is 19.4 Å². The third-order valence-corrected chi connectivity index (χ3v) is 6.72. The maximum absolute atomic E-state index is 13.3. The van der Waals surface area contributed by atoms with Crippen molar-refractivity contribution in [3.63, 3.8) is 0 Å². The lowest BCUT2D eigenvalue weighted by Crippen LogP contribution is -2.39. The molecule has 3 aromatic heterocycles. The van der Waals surface area contributed by atoms with Crippen molar-refractivity contribution in [2.45, 2.75) is 78.6 Å². The Bertz CT molecular complexity index is 1280. The number of pyridine rings is 1. The molecule has 0 saturated carbocycles. The van der Waals surface area contributed by atoms with E-state index in [2.05, 4.69) is 32.7 Å². The van der Waals surface area contributed by atoms with Gasteiger partial charge < -0.3 is 14.1 Å². The minimum atomic E-state index is -0.339. The Morgan fingerprint density at radius 1 is 1.18 bits per heavy atom. The lowest BCUT2D eigenvalue weighted by atomic mass is 9.88. The van der Waals surface area contributed by atoms with Gasteiger partial charge in [0.25, 0.3) is 5.56 Å². The molecule has 0 aliphatic carbocycles. The second-order valence-electron chi connectivity index (χ2n) is 10.4. The Morgan fingerprint density at radius 2 is 1.94 bits per heavy atom. The summed E-state index contributed by atoms with van der Waals surface area (Å²) >= 11 is 0. The molecule has 33 heavy (non-hydrogen) atoms. The zero-order chi connectivity index (χ0) is 23.3. The first kappa shape index (κ1) is 22.1. The van der Waals surface area contributed by atoms with Crippen molar-refractivity contribution in [1.29, 1.82) is 0 Å². The van der Waals surface area contributed by atoms with E-state index < -0.39 is 0 Å². The van der Waals surface area contributed by atoms with Crippen molar-refractivity contribution in [3.8, 4) is 0 Å². The van der Waals surface area contributed by atoms with E-state index >= 15 is 0 Å². The smallest absolute Gasteiger partial charge is 0.297 e. The molecule has 0 radical (unpaired) electrons. The predicted octanol–water partition coefficient (Wildman–Crippen LogP) is 3.60. The van der Waals surface area contributed by atoms with E-state index in [-0.39, 0.29) is 29.2 Å². The maximum Gasteiger partial charge on any atom is 0.297 e. The molecular weight excluding hydrogens is 420 g/mol. The van der Waals surface area contributed by atoms with Gasteiger partial charge in [-0.15, -0.1) is 0 Å². The van der Waals surface area contributed by atoms with Crippen LogP contribution < -0.4 is 5.56 Å². The highest BCUT2D eigenvalue weighted by Gasteiger charge is 2.32. The van der Waals surface area contributed by atoms with E-state index in [4.69, 9.17) is 14.1 Å². The number of carbonyl (C=O) groups is 1. The molecule has 8 heteroatoms. The van der Waals surface area contributed by atoms with Gasteiger partial charge >= 0.3 is 0 Å². The molecule has 2 aliphatic rings. The van der Waals surface area contributed by atoms with Gasteiger partial charge in [0.15, 0.2) is 0 Å². The molecule has 1 fully saturated rings. The van der Waals surface area contributed by atoms with Crippen LogP contribution in [0, 0.1) is 5.92 Å². The van der Waals surface area contributed by atoms with E-state index in [0.29, 0.717) is 30.2 Å². The highest BCUT2D eigenvalue weighted by Crippen LogP contribution is 2.38. The molecule has 0 unspecified atom stereocenters. The Morgan fingerprint density at radius 3 is 2.67 bits per heavy atom. The van der Waals surface area contributed by atoms with Crippen molar-refractivity contribution in [2.75, 3.05) is 13.1 Å². The standard InChI is InChI=1S/C25H32N4O4/c1-15(2)10-18-17-13-32-25(3,4)11-16(17)20-21-22(33-23(20)27-18)24(31)29(14-26-21)12-19(30)28-8-6-5-7-9-28/h14-15H,5-13H2,1-4H3. The van der Waals surface area contributed by atoms with Crippen LogP contribution in [0.2, 0.25) is 0 Å². The van der Waals surface area contributed by atoms with Crippen LogP contribution in [0.25, 0.3) is 22.2 Å². The van der Waals surface area contributed by atoms with Crippen LogP contribution in [0.15, 0.2) is 15.5 Å². The van der Waals surface area contributed by atoms with E-state index in [1.165, 1.54) is 10.9 Å². The van der Waals surface area contributed by atoms with Crippen LogP contribution in [0.3, 0.4) is 0 Å². The molecule has 2 aliphatic heterocycles. The van der Waals surface area contributed by atoms with Gasteiger partial charge in [0.2, 0.25) is 17.2 Å². The van der Waals surface area contributed by atoms with Gasteiger partial charge in [0.1, 0.15) is 12.1 Å². The third-order valence-electron chi connectivity index (χ3n) is 6.72. The summed E-state index contributed by atoms with van der Waals surface area (Å²) in [6.45, 7) is 10.4. The molecule has 0 aromatic carbocycles. The Labute approximate surface area is 192 Å². The second kappa shape index (κ2) is 8.24. The van der Waals surface area contributed by atoms with Crippen LogP contribution in [-0.4, -0.2) is 44.0 Å². The number of ether oxygens (including phenoxy) is 1. The van der Waals surface area contributed by atoms with Gasteiger partial charge in [-0.05, 0) is 51.0 Å². The van der Waals surface area contributed by atoms with E-state index in [1.54, 1.807) is 0 Å². The number of hydrogen-bond acceptors (Lipinski definition) is 6. The van der Waals surface area contributed by atoms with Crippen LogP contribution in [0.4, 0.5) is 0 Å². The summed E-state index contributed by atoms with van der Waals surface area (Å²) in [6, 6.07) is 0. The van der Waals surface area contributed by atoms with E-state index in [1.807, 2.05) is 4.90 Å². The molecule has 5 heterocycles. The quantitative estimate of drug-likeness (QED) is 0.601. The zero-order valence-corrected chi connectivity index (χ0v) is 19.9. The first-order valence-corrected chi connectivity index (χ1v) is 12.0. The Kier molecular flexibility index (Phi) is 5.51. The number of rotatable bonds is 4. The van der Waals surface area contributed by atoms with Gasteiger partial charge in [-0.25, -0.2) is 9.97 Å². The average Bonchev–Trinajstić information content (AvgIpc) is 3.14. The van der Waals surface area contributed by atoms with Crippen molar-refractivity contribution in [2.24, 2.45) is 5.92 Å². The zero-order valence-electron chi connectivity index (χ0n) is 19.9. The summed E-state index contributed by atoms with van der Waals surface area (Å²) in [7, 11) is 0. The Hall–Kier alpha value is -2.74. The number of piperidine rings is 1. The summed E-state index contributed by atoms with van der Waals surface area (Å²) in [5.74, 6) is 0.372. The molecule has 1 saturated heterocycles. The minimum absolute atomic E-state index is 0.0240. The maximum atomic E-state index is 13.3. The molecular formula is C25H32N4O4. The topological polar surface area (TPSA) is 90.5 Å². The number of fused-ring (bicyclic) bond motifs is 5. The number of aromatic nitrogens is 3. The second-order valence-corrected chi connectivity index (χ2v) is 10.4. The minimum Gasteiger partial charge on any atom is -0.430 e. The number of nitrogens with zero attached hydrogens (tertiary/aromatic N) is 4. The number of amides is 1. The average molecular weight is 453 g/mol. The molecule has 1 amide bonds. The van der Waals surface area contributed by atoms with Crippen LogP contribution in [-0.2, 0) is 35.5 Å².